The molecule has 4 rings (SSSR count). The average Bonchev–Trinajstić information content (AvgIpc) is 2.99. The topological polar surface area (TPSA) is 60.4 Å². The predicted octanol–water partition coefficient (Wildman–Crippen LogP) is 1.82. The highest BCUT2D eigenvalue weighted by molar-refractivity contribution is 5.38. The Bertz CT molecular complexity index is 677. The fraction of sp³-hybridized carbons (Fsp3) is 0.471. The lowest BCUT2D eigenvalue weighted by molar-refractivity contribution is -0.0657. The summed E-state index contributed by atoms with van der Waals surface area (Å²) in [4.78, 5) is 14.1. The molecule has 0 radical (unpaired) electrons. The number of hydrogen-bond acceptors (Lipinski definition) is 6. The second kappa shape index (κ2) is 6.41. The zero-order chi connectivity index (χ0) is 16.4. The minimum Gasteiger partial charge on any atom is -0.376 e. The number of hydrogen-bond donors (Lipinski definition) is 0. The normalized spacial score (nSPS) is 21.9. The summed E-state index contributed by atoms with van der Waals surface area (Å²) in [6.45, 7) is 3.45. The van der Waals surface area contributed by atoms with E-state index < -0.39 is 5.82 Å². The van der Waals surface area contributed by atoms with Gasteiger partial charge in [-0.3, -0.25) is 4.98 Å². The Kier molecular flexibility index (Phi) is 4.12. The van der Waals surface area contributed by atoms with E-state index in [9.17, 15) is 4.39 Å². The van der Waals surface area contributed by atoms with Crippen LogP contribution in [0, 0.1) is 11.7 Å². The van der Waals surface area contributed by atoms with Gasteiger partial charge >= 0.3 is 0 Å². The molecular formula is C17H19FN4O2. The SMILES string of the molecule is Fc1cnc(N2CC3(C2)OCCC3COCc2ccncc2)nc1. The molecule has 7 heteroatoms. The second-order valence-electron chi connectivity index (χ2n) is 6.33. The number of rotatable bonds is 5. The van der Waals surface area contributed by atoms with Crippen LogP contribution in [0.3, 0.4) is 0 Å². The van der Waals surface area contributed by atoms with Crippen LogP contribution in [-0.4, -0.2) is 46.9 Å². The van der Waals surface area contributed by atoms with Crippen molar-refractivity contribution in [3.05, 3.63) is 48.3 Å². The maximum atomic E-state index is 12.9. The summed E-state index contributed by atoms with van der Waals surface area (Å²) >= 11 is 0. The lowest BCUT2D eigenvalue weighted by Gasteiger charge is -2.50. The van der Waals surface area contributed by atoms with Crippen LogP contribution in [0.4, 0.5) is 10.3 Å². The summed E-state index contributed by atoms with van der Waals surface area (Å²) in [5.41, 5.74) is 0.934. The van der Waals surface area contributed by atoms with Crippen molar-refractivity contribution >= 4 is 5.95 Å². The molecule has 126 valence electrons. The van der Waals surface area contributed by atoms with Gasteiger partial charge in [-0.1, -0.05) is 0 Å². The Morgan fingerprint density at radius 2 is 2.00 bits per heavy atom. The van der Waals surface area contributed by atoms with Crippen molar-refractivity contribution in [1.82, 2.24) is 15.0 Å². The van der Waals surface area contributed by atoms with Gasteiger partial charge in [0.25, 0.3) is 0 Å². The summed E-state index contributed by atoms with van der Waals surface area (Å²) < 4.78 is 24.8. The summed E-state index contributed by atoms with van der Waals surface area (Å²) in [5, 5.41) is 0. The van der Waals surface area contributed by atoms with Crippen LogP contribution in [0.2, 0.25) is 0 Å². The smallest absolute Gasteiger partial charge is 0.225 e. The van der Waals surface area contributed by atoms with Gasteiger partial charge in [0.1, 0.15) is 5.60 Å². The van der Waals surface area contributed by atoms with Crippen molar-refractivity contribution in [2.75, 3.05) is 31.2 Å². The standard InChI is InChI=1S/C17H19FN4O2/c18-15-7-20-16(21-8-15)22-11-17(12-22)14(3-6-24-17)10-23-9-13-1-4-19-5-2-13/h1-2,4-5,7-8,14H,3,6,9-12H2. The average molecular weight is 330 g/mol. The van der Waals surface area contributed by atoms with Gasteiger partial charge in [0.05, 0.1) is 38.7 Å². The van der Waals surface area contributed by atoms with Gasteiger partial charge in [0.2, 0.25) is 5.95 Å². The van der Waals surface area contributed by atoms with Crippen LogP contribution in [-0.2, 0) is 16.1 Å². The summed E-state index contributed by atoms with van der Waals surface area (Å²) in [5.74, 6) is 0.485. The molecule has 2 aromatic rings. The molecule has 2 saturated heterocycles. The van der Waals surface area contributed by atoms with Crippen molar-refractivity contribution in [1.29, 1.82) is 0 Å². The monoisotopic (exact) mass is 330 g/mol. The van der Waals surface area contributed by atoms with E-state index in [0.29, 0.717) is 25.1 Å². The first kappa shape index (κ1) is 15.4. The number of halogens is 1. The van der Waals surface area contributed by atoms with Crippen LogP contribution in [0.15, 0.2) is 36.9 Å². The summed E-state index contributed by atoms with van der Waals surface area (Å²) in [6, 6.07) is 3.91. The van der Waals surface area contributed by atoms with E-state index in [2.05, 4.69) is 15.0 Å². The quantitative estimate of drug-likeness (QED) is 0.833. The van der Waals surface area contributed by atoms with Crippen molar-refractivity contribution < 1.29 is 13.9 Å². The third-order valence-corrected chi connectivity index (χ3v) is 4.74. The second-order valence-corrected chi connectivity index (χ2v) is 6.33. The van der Waals surface area contributed by atoms with Crippen LogP contribution in [0.25, 0.3) is 0 Å². The maximum absolute atomic E-state index is 12.9. The molecule has 0 amide bonds. The molecule has 0 aromatic carbocycles. The fourth-order valence-electron chi connectivity index (χ4n) is 3.38. The highest BCUT2D eigenvalue weighted by Crippen LogP contribution is 2.41. The van der Waals surface area contributed by atoms with Crippen LogP contribution < -0.4 is 4.90 Å². The molecular weight excluding hydrogens is 311 g/mol. The van der Waals surface area contributed by atoms with E-state index in [1.807, 2.05) is 17.0 Å². The molecule has 0 N–H and O–H groups in total. The summed E-state index contributed by atoms with van der Waals surface area (Å²) in [7, 11) is 0. The molecule has 2 aliphatic rings. The first-order chi connectivity index (χ1) is 11.8. The fourth-order valence-corrected chi connectivity index (χ4v) is 3.38. The van der Waals surface area contributed by atoms with E-state index in [4.69, 9.17) is 9.47 Å². The lowest BCUT2D eigenvalue weighted by Crippen LogP contribution is -2.66. The van der Waals surface area contributed by atoms with E-state index >= 15 is 0 Å². The molecule has 6 nitrogen and oxygen atoms in total. The van der Waals surface area contributed by atoms with Crippen LogP contribution in [0.1, 0.15) is 12.0 Å². The Balaban J connectivity index is 1.32. The van der Waals surface area contributed by atoms with Gasteiger partial charge in [-0.05, 0) is 24.1 Å². The lowest BCUT2D eigenvalue weighted by atomic mass is 9.81. The first-order valence-electron chi connectivity index (χ1n) is 8.08. The first-order valence-corrected chi connectivity index (χ1v) is 8.08. The molecule has 2 fully saturated rings. The third kappa shape index (κ3) is 2.97. The molecule has 2 aromatic heterocycles. The largest absolute Gasteiger partial charge is 0.376 e. The minimum atomic E-state index is -0.423. The Morgan fingerprint density at radius 1 is 1.25 bits per heavy atom. The number of nitrogens with zero attached hydrogens (tertiary/aromatic N) is 4. The van der Waals surface area contributed by atoms with E-state index in [1.54, 1.807) is 12.4 Å². The van der Waals surface area contributed by atoms with Gasteiger partial charge in [-0.15, -0.1) is 0 Å². The molecule has 0 aliphatic carbocycles. The molecule has 0 bridgehead atoms. The summed E-state index contributed by atoms with van der Waals surface area (Å²) in [6.07, 6.45) is 6.92. The number of anilines is 1. The zero-order valence-corrected chi connectivity index (χ0v) is 13.3. The Hall–Kier alpha value is -2.12. The number of aromatic nitrogens is 3. The van der Waals surface area contributed by atoms with E-state index in [1.165, 1.54) is 12.4 Å². The van der Waals surface area contributed by atoms with Crippen LogP contribution in [0.5, 0.6) is 0 Å². The third-order valence-electron chi connectivity index (χ3n) is 4.74. The van der Waals surface area contributed by atoms with Gasteiger partial charge < -0.3 is 14.4 Å². The van der Waals surface area contributed by atoms with Crippen molar-refractivity contribution in [2.45, 2.75) is 18.6 Å². The molecule has 1 spiro atoms. The molecule has 1 atom stereocenters. The molecule has 24 heavy (non-hydrogen) atoms. The minimum absolute atomic E-state index is 0.185. The maximum Gasteiger partial charge on any atom is 0.225 e. The molecule has 4 heterocycles. The Morgan fingerprint density at radius 3 is 2.75 bits per heavy atom. The van der Waals surface area contributed by atoms with Crippen molar-refractivity contribution in [2.24, 2.45) is 5.92 Å². The highest BCUT2D eigenvalue weighted by atomic mass is 19.1. The van der Waals surface area contributed by atoms with Gasteiger partial charge in [0, 0.05) is 24.9 Å². The highest BCUT2D eigenvalue weighted by Gasteiger charge is 2.53. The van der Waals surface area contributed by atoms with Crippen LogP contribution >= 0.6 is 0 Å². The Labute approximate surface area is 139 Å². The molecule has 0 saturated carbocycles. The number of ether oxygens (including phenoxy) is 2. The zero-order valence-electron chi connectivity index (χ0n) is 13.3. The van der Waals surface area contributed by atoms with E-state index in [0.717, 1.165) is 31.7 Å². The van der Waals surface area contributed by atoms with Gasteiger partial charge in [-0.2, -0.15) is 0 Å². The van der Waals surface area contributed by atoms with Crippen molar-refractivity contribution in [3.8, 4) is 0 Å². The van der Waals surface area contributed by atoms with E-state index in [-0.39, 0.29) is 5.60 Å². The van der Waals surface area contributed by atoms with Gasteiger partial charge in [0.15, 0.2) is 5.82 Å². The molecule has 2 aliphatic heterocycles. The molecule has 1 unspecified atom stereocenters. The number of pyridine rings is 1. The van der Waals surface area contributed by atoms with Gasteiger partial charge in [-0.25, -0.2) is 14.4 Å². The van der Waals surface area contributed by atoms with Crippen molar-refractivity contribution in [3.63, 3.8) is 0 Å². The predicted molar refractivity (Wildman–Crippen MR) is 84.9 cm³/mol.